The molecule has 0 aliphatic carbocycles. The van der Waals surface area contributed by atoms with Gasteiger partial charge in [-0.05, 0) is 62.2 Å². The summed E-state index contributed by atoms with van der Waals surface area (Å²) in [5.41, 5.74) is 0.891. The highest BCUT2D eigenvalue weighted by Gasteiger charge is 2.26. The number of carbonyl (C=O) groups excluding carboxylic acids is 1. The van der Waals surface area contributed by atoms with Crippen LogP contribution in [0.4, 0.5) is 0 Å². The Kier molecular flexibility index (Phi) is 7.06. The van der Waals surface area contributed by atoms with Crippen LogP contribution < -0.4 is 5.32 Å². The Morgan fingerprint density at radius 1 is 1.29 bits per heavy atom. The van der Waals surface area contributed by atoms with Crippen molar-refractivity contribution < 1.29 is 9.21 Å². The number of halogens is 1. The Balaban J connectivity index is 1.56. The number of rotatable bonds is 6. The third kappa shape index (κ3) is 5.30. The molecule has 1 aliphatic heterocycles. The zero-order valence-electron chi connectivity index (χ0n) is 16.5. The molecule has 28 heavy (non-hydrogen) atoms. The zero-order valence-corrected chi connectivity index (χ0v) is 18.9. The van der Waals surface area contributed by atoms with E-state index in [1.54, 1.807) is 4.68 Å². The lowest BCUT2D eigenvalue weighted by Crippen LogP contribution is -2.44. The molecule has 1 atom stereocenters. The van der Waals surface area contributed by atoms with E-state index in [2.05, 4.69) is 52.0 Å². The van der Waals surface area contributed by atoms with Gasteiger partial charge in [-0.2, -0.15) is 0 Å². The van der Waals surface area contributed by atoms with Crippen LogP contribution in [0.2, 0.25) is 0 Å². The largest absolute Gasteiger partial charge is 0.409 e. The molecule has 0 spiro atoms. The second-order valence-corrected chi connectivity index (χ2v) is 9.02. The minimum Gasteiger partial charge on any atom is -0.409 e. The van der Waals surface area contributed by atoms with E-state index in [1.807, 2.05) is 24.3 Å². The SMILES string of the molecule is CC(C)C(C)NC(=O)C1CCN(Cn2nc(-c3ccc(Br)cc3)oc2=S)CC1. The second-order valence-electron chi connectivity index (χ2n) is 7.75. The fourth-order valence-electron chi connectivity index (χ4n) is 3.14. The van der Waals surface area contributed by atoms with E-state index in [0.717, 1.165) is 36.0 Å². The predicted molar refractivity (Wildman–Crippen MR) is 115 cm³/mol. The van der Waals surface area contributed by atoms with E-state index < -0.39 is 0 Å². The molecular formula is C20H27BrN4O2S. The zero-order chi connectivity index (χ0) is 20.3. The Hall–Kier alpha value is -1.51. The van der Waals surface area contributed by atoms with Gasteiger partial charge >= 0.3 is 0 Å². The van der Waals surface area contributed by atoms with E-state index in [9.17, 15) is 4.79 Å². The van der Waals surface area contributed by atoms with Crippen LogP contribution in [-0.2, 0) is 11.5 Å². The van der Waals surface area contributed by atoms with Crippen molar-refractivity contribution in [2.45, 2.75) is 46.3 Å². The number of amides is 1. The number of carbonyl (C=O) groups is 1. The van der Waals surface area contributed by atoms with Crippen LogP contribution in [0.1, 0.15) is 33.6 Å². The minimum atomic E-state index is 0.0843. The summed E-state index contributed by atoms with van der Waals surface area (Å²) >= 11 is 8.76. The van der Waals surface area contributed by atoms with Gasteiger partial charge in [-0.25, -0.2) is 4.68 Å². The first-order valence-electron chi connectivity index (χ1n) is 9.70. The van der Waals surface area contributed by atoms with Crippen molar-refractivity contribution in [1.82, 2.24) is 20.0 Å². The first-order chi connectivity index (χ1) is 13.3. The molecule has 0 radical (unpaired) electrons. The van der Waals surface area contributed by atoms with E-state index in [0.29, 0.717) is 23.3 Å². The van der Waals surface area contributed by atoms with E-state index in [4.69, 9.17) is 16.6 Å². The van der Waals surface area contributed by atoms with Crippen LogP contribution in [0.5, 0.6) is 0 Å². The topological polar surface area (TPSA) is 63.3 Å². The number of nitrogens with zero attached hydrogens (tertiary/aromatic N) is 3. The number of piperidine rings is 1. The third-order valence-corrected chi connectivity index (χ3v) is 6.18. The van der Waals surface area contributed by atoms with Gasteiger partial charge in [-0.15, -0.1) is 5.10 Å². The van der Waals surface area contributed by atoms with Crippen molar-refractivity contribution in [2.24, 2.45) is 11.8 Å². The summed E-state index contributed by atoms with van der Waals surface area (Å²) in [4.78, 5) is 15.1. The van der Waals surface area contributed by atoms with Crippen molar-refractivity contribution in [1.29, 1.82) is 0 Å². The maximum Gasteiger partial charge on any atom is 0.288 e. The number of hydrogen-bond donors (Lipinski definition) is 1. The Morgan fingerprint density at radius 3 is 2.54 bits per heavy atom. The lowest BCUT2D eigenvalue weighted by atomic mass is 9.95. The third-order valence-electron chi connectivity index (χ3n) is 5.36. The van der Waals surface area contributed by atoms with Gasteiger partial charge in [0.05, 0.1) is 6.67 Å². The summed E-state index contributed by atoms with van der Waals surface area (Å²) in [6, 6.07) is 7.98. The Labute approximate surface area is 179 Å². The van der Waals surface area contributed by atoms with Crippen molar-refractivity contribution >= 4 is 34.1 Å². The van der Waals surface area contributed by atoms with Crippen LogP contribution >= 0.6 is 28.1 Å². The summed E-state index contributed by atoms with van der Waals surface area (Å²) in [5, 5.41) is 7.66. The molecule has 152 valence electrons. The van der Waals surface area contributed by atoms with E-state index >= 15 is 0 Å². The molecule has 1 aromatic carbocycles. The van der Waals surface area contributed by atoms with Crippen molar-refractivity contribution in [3.8, 4) is 11.5 Å². The summed E-state index contributed by atoms with van der Waals surface area (Å²) < 4.78 is 8.39. The van der Waals surface area contributed by atoms with E-state index in [1.165, 1.54) is 0 Å². The normalized spacial score (nSPS) is 17.0. The maximum absolute atomic E-state index is 12.4. The van der Waals surface area contributed by atoms with E-state index in [-0.39, 0.29) is 17.9 Å². The fraction of sp³-hybridized carbons (Fsp3) is 0.550. The molecule has 1 N–H and O–H groups in total. The van der Waals surface area contributed by atoms with Crippen molar-refractivity contribution in [3.05, 3.63) is 33.6 Å². The highest BCUT2D eigenvalue weighted by Crippen LogP contribution is 2.22. The number of benzene rings is 1. The molecule has 1 fully saturated rings. The molecule has 0 saturated carbocycles. The first kappa shape index (κ1) is 21.2. The Morgan fingerprint density at radius 2 is 1.93 bits per heavy atom. The molecule has 8 heteroatoms. The summed E-state index contributed by atoms with van der Waals surface area (Å²) in [5.74, 6) is 1.23. The molecule has 1 amide bonds. The van der Waals surface area contributed by atoms with Crippen LogP contribution in [-0.4, -0.2) is 39.7 Å². The van der Waals surface area contributed by atoms with Crippen molar-refractivity contribution in [3.63, 3.8) is 0 Å². The smallest absolute Gasteiger partial charge is 0.288 e. The minimum absolute atomic E-state index is 0.0843. The average molecular weight is 467 g/mol. The quantitative estimate of drug-likeness (QED) is 0.636. The molecule has 1 unspecified atom stereocenters. The monoisotopic (exact) mass is 466 g/mol. The van der Waals surface area contributed by atoms with Gasteiger partial charge in [0.1, 0.15) is 0 Å². The summed E-state index contributed by atoms with van der Waals surface area (Å²) in [6.45, 7) is 8.57. The van der Waals surface area contributed by atoms with Gasteiger partial charge in [-0.1, -0.05) is 29.8 Å². The molecule has 1 aromatic heterocycles. The molecule has 2 aromatic rings. The number of aromatic nitrogens is 2. The number of nitrogens with one attached hydrogen (secondary N) is 1. The Bertz CT molecular complexity index is 854. The molecule has 6 nitrogen and oxygen atoms in total. The number of likely N-dealkylation sites (tertiary alicyclic amines) is 1. The van der Waals surface area contributed by atoms with Gasteiger partial charge < -0.3 is 9.73 Å². The lowest BCUT2D eigenvalue weighted by molar-refractivity contribution is -0.127. The predicted octanol–water partition coefficient (Wildman–Crippen LogP) is 4.47. The fourth-order valence-corrected chi connectivity index (χ4v) is 3.58. The second kappa shape index (κ2) is 9.33. The van der Waals surface area contributed by atoms with Gasteiger partial charge in [-0.3, -0.25) is 9.69 Å². The van der Waals surface area contributed by atoms with Gasteiger partial charge in [0.15, 0.2) is 0 Å². The first-order valence-corrected chi connectivity index (χ1v) is 10.9. The molecular weight excluding hydrogens is 440 g/mol. The molecule has 1 saturated heterocycles. The summed E-state index contributed by atoms with van der Waals surface area (Å²) in [6.07, 6.45) is 1.70. The van der Waals surface area contributed by atoms with Gasteiger partial charge in [0.2, 0.25) is 11.8 Å². The molecule has 3 rings (SSSR count). The lowest BCUT2D eigenvalue weighted by Gasteiger charge is -2.31. The van der Waals surface area contributed by atoms with Crippen LogP contribution in [0.15, 0.2) is 33.2 Å². The van der Waals surface area contributed by atoms with Crippen LogP contribution in [0.3, 0.4) is 0 Å². The highest BCUT2D eigenvalue weighted by atomic mass is 79.9. The standard InChI is InChI=1S/C20H27BrN4O2S/c1-13(2)14(3)22-18(26)15-8-10-24(11-9-15)12-25-20(28)27-19(23-25)16-4-6-17(21)7-5-16/h4-7,13-15H,8-12H2,1-3H3,(H,22,26). The maximum atomic E-state index is 12.4. The van der Waals surface area contributed by atoms with Crippen LogP contribution in [0, 0.1) is 16.7 Å². The highest BCUT2D eigenvalue weighted by molar-refractivity contribution is 9.10. The average Bonchev–Trinajstić information content (AvgIpc) is 3.03. The molecule has 2 heterocycles. The molecule has 0 bridgehead atoms. The molecule has 1 aliphatic rings. The summed E-state index contributed by atoms with van der Waals surface area (Å²) in [7, 11) is 0. The van der Waals surface area contributed by atoms with Crippen molar-refractivity contribution in [2.75, 3.05) is 13.1 Å². The number of hydrogen-bond acceptors (Lipinski definition) is 5. The van der Waals surface area contributed by atoms with Gasteiger partial charge in [0.25, 0.3) is 4.84 Å². The van der Waals surface area contributed by atoms with Crippen LogP contribution in [0.25, 0.3) is 11.5 Å². The van der Waals surface area contributed by atoms with Gasteiger partial charge in [0, 0.05) is 35.1 Å².